The summed E-state index contributed by atoms with van der Waals surface area (Å²) in [6.07, 6.45) is 3.03. The van der Waals surface area contributed by atoms with Crippen molar-refractivity contribution < 1.29 is 4.74 Å². The molecular formula is C12H20N2OS. The Bertz CT molecular complexity index is 326. The highest BCUT2D eigenvalue weighted by molar-refractivity contribution is 7.11. The molecule has 2 rings (SSSR count). The summed E-state index contributed by atoms with van der Waals surface area (Å²) in [5.74, 6) is 0. The van der Waals surface area contributed by atoms with Gasteiger partial charge in [0, 0.05) is 31.5 Å². The van der Waals surface area contributed by atoms with Crippen LogP contribution in [-0.2, 0) is 23.3 Å². The number of fused-ring (bicyclic) bond motifs is 1. The molecule has 0 atom stereocenters. The maximum Gasteiger partial charge on any atom is 0.125 e. The molecule has 4 heteroatoms. The van der Waals surface area contributed by atoms with Crippen molar-refractivity contribution in [1.29, 1.82) is 0 Å². The Morgan fingerprint density at radius 1 is 1.44 bits per heavy atom. The van der Waals surface area contributed by atoms with Gasteiger partial charge < -0.3 is 10.1 Å². The largest absolute Gasteiger partial charge is 0.371 e. The summed E-state index contributed by atoms with van der Waals surface area (Å²) in [7, 11) is 1.80. The van der Waals surface area contributed by atoms with Gasteiger partial charge in [0.05, 0.1) is 5.69 Å². The van der Waals surface area contributed by atoms with Crippen molar-refractivity contribution in [1.82, 2.24) is 10.3 Å². The minimum absolute atomic E-state index is 0.165. The van der Waals surface area contributed by atoms with Crippen LogP contribution in [0.15, 0.2) is 0 Å². The molecule has 90 valence electrons. The SMILES string of the molecule is CCC(CC)(OC)c1nc2c(s1)CNCC2. The predicted molar refractivity (Wildman–Crippen MR) is 66.8 cm³/mol. The number of hydrogen-bond donors (Lipinski definition) is 1. The molecule has 0 unspecified atom stereocenters. The zero-order valence-electron chi connectivity index (χ0n) is 10.3. The summed E-state index contributed by atoms with van der Waals surface area (Å²) in [5.41, 5.74) is 1.12. The molecule has 0 bridgehead atoms. The highest BCUT2D eigenvalue weighted by atomic mass is 32.1. The van der Waals surface area contributed by atoms with Crippen LogP contribution >= 0.6 is 11.3 Å². The van der Waals surface area contributed by atoms with Gasteiger partial charge >= 0.3 is 0 Å². The van der Waals surface area contributed by atoms with Crippen molar-refractivity contribution in [2.45, 2.75) is 45.3 Å². The minimum Gasteiger partial charge on any atom is -0.371 e. The highest BCUT2D eigenvalue weighted by Crippen LogP contribution is 2.37. The van der Waals surface area contributed by atoms with Crippen LogP contribution in [0.25, 0.3) is 0 Å². The van der Waals surface area contributed by atoms with Gasteiger partial charge in [-0.15, -0.1) is 11.3 Å². The number of nitrogens with zero attached hydrogens (tertiary/aromatic N) is 1. The van der Waals surface area contributed by atoms with Crippen molar-refractivity contribution in [3.63, 3.8) is 0 Å². The standard InChI is InChI=1S/C12H20N2OS/c1-4-12(5-2,15-3)11-14-9-6-7-13-8-10(9)16-11/h13H,4-8H2,1-3H3. The molecule has 16 heavy (non-hydrogen) atoms. The van der Waals surface area contributed by atoms with Crippen molar-refractivity contribution in [2.24, 2.45) is 0 Å². The Morgan fingerprint density at radius 2 is 2.19 bits per heavy atom. The molecule has 1 aromatic rings. The molecule has 1 aliphatic heterocycles. The fraction of sp³-hybridized carbons (Fsp3) is 0.750. The van der Waals surface area contributed by atoms with Crippen molar-refractivity contribution in [2.75, 3.05) is 13.7 Å². The highest BCUT2D eigenvalue weighted by Gasteiger charge is 2.33. The van der Waals surface area contributed by atoms with E-state index in [1.807, 2.05) is 11.3 Å². The minimum atomic E-state index is -0.165. The topological polar surface area (TPSA) is 34.1 Å². The second kappa shape index (κ2) is 4.82. The van der Waals surface area contributed by atoms with Crippen LogP contribution in [0.4, 0.5) is 0 Å². The van der Waals surface area contributed by atoms with E-state index in [2.05, 4.69) is 19.2 Å². The summed E-state index contributed by atoms with van der Waals surface area (Å²) in [4.78, 5) is 6.18. The lowest BCUT2D eigenvalue weighted by molar-refractivity contribution is -0.0219. The Hall–Kier alpha value is -0.450. The van der Waals surface area contributed by atoms with E-state index in [0.29, 0.717) is 0 Å². The number of thiazole rings is 1. The van der Waals surface area contributed by atoms with Crippen LogP contribution < -0.4 is 5.32 Å². The monoisotopic (exact) mass is 240 g/mol. The number of rotatable bonds is 4. The van der Waals surface area contributed by atoms with Gasteiger partial charge in [0.25, 0.3) is 0 Å². The number of hydrogen-bond acceptors (Lipinski definition) is 4. The van der Waals surface area contributed by atoms with E-state index in [1.165, 1.54) is 10.6 Å². The van der Waals surface area contributed by atoms with Crippen molar-refractivity contribution in [3.8, 4) is 0 Å². The third-order valence-corrected chi connectivity index (χ3v) is 4.81. The number of ether oxygens (including phenoxy) is 1. The molecule has 1 aliphatic rings. The molecule has 0 radical (unpaired) electrons. The first kappa shape index (κ1) is 12.0. The van der Waals surface area contributed by atoms with Crippen LogP contribution in [0.3, 0.4) is 0 Å². The van der Waals surface area contributed by atoms with E-state index in [4.69, 9.17) is 9.72 Å². The molecule has 0 aromatic carbocycles. The number of nitrogens with one attached hydrogen (secondary N) is 1. The smallest absolute Gasteiger partial charge is 0.125 e. The maximum absolute atomic E-state index is 5.73. The van der Waals surface area contributed by atoms with Gasteiger partial charge in [0.1, 0.15) is 10.6 Å². The van der Waals surface area contributed by atoms with Gasteiger partial charge in [-0.3, -0.25) is 0 Å². The molecule has 2 heterocycles. The van der Waals surface area contributed by atoms with Crippen LogP contribution in [0.5, 0.6) is 0 Å². The second-order valence-corrected chi connectivity index (χ2v) is 5.30. The lowest BCUT2D eigenvalue weighted by Crippen LogP contribution is -2.26. The third-order valence-electron chi connectivity index (χ3n) is 3.53. The Balaban J connectivity index is 2.35. The van der Waals surface area contributed by atoms with Crippen molar-refractivity contribution in [3.05, 3.63) is 15.6 Å². The van der Waals surface area contributed by atoms with E-state index in [9.17, 15) is 0 Å². The van der Waals surface area contributed by atoms with E-state index in [1.54, 1.807) is 7.11 Å². The van der Waals surface area contributed by atoms with Crippen LogP contribution in [0.1, 0.15) is 42.3 Å². The molecule has 0 saturated heterocycles. The zero-order chi connectivity index (χ0) is 11.6. The molecule has 3 nitrogen and oxygen atoms in total. The molecule has 0 aliphatic carbocycles. The number of aromatic nitrogens is 1. The normalized spacial score (nSPS) is 16.2. The van der Waals surface area contributed by atoms with Crippen molar-refractivity contribution >= 4 is 11.3 Å². The van der Waals surface area contributed by atoms with E-state index in [0.717, 1.165) is 37.4 Å². The molecule has 1 N–H and O–H groups in total. The fourth-order valence-electron chi connectivity index (χ4n) is 2.25. The third kappa shape index (κ3) is 1.90. The van der Waals surface area contributed by atoms with Gasteiger partial charge in [-0.05, 0) is 12.8 Å². The Kier molecular flexibility index (Phi) is 3.62. The van der Waals surface area contributed by atoms with Crippen LogP contribution in [-0.4, -0.2) is 18.6 Å². The Morgan fingerprint density at radius 3 is 2.75 bits per heavy atom. The molecular weight excluding hydrogens is 220 g/mol. The first-order valence-corrected chi connectivity index (χ1v) is 6.82. The van der Waals surface area contributed by atoms with Crippen LogP contribution in [0.2, 0.25) is 0 Å². The first-order chi connectivity index (χ1) is 7.75. The average Bonchev–Trinajstić information content (AvgIpc) is 2.76. The predicted octanol–water partition coefficient (Wildman–Crippen LogP) is 2.45. The molecule has 1 aromatic heterocycles. The lowest BCUT2D eigenvalue weighted by Gasteiger charge is -2.27. The summed E-state index contributed by atoms with van der Waals surface area (Å²) < 4.78 is 5.73. The molecule has 0 amide bonds. The zero-order valence-corrected chi connectivity index (χ0v) is 11.1. The number of methoxy groups -OCH3 is 1. The van der Waals surface area contributed by atoms with Gasteiger partial charge in [0.2, 0.25) is 0 Å². The van der Waals surface area contributed by atoms with E-state index in [-0.39, 0.29) is 5.60 Å². The van der Waals surface area contributed by atoms with Gasteiger partial charge in [-0.2, -0.15) is 0 Å². The average molecular weight is 240 g/mol. The maximum atomic E-state index is 5.73. The van der Waals surface area contributed by atoms with E-state index >= 15 is 0 Å². The summed E-state index contributed by atoms with van der Waals surface area (Å²) in [5, 5.41) is 4.55. The summed E-state index contributed by atoms with van der Waals surface area (Å²) in [6.45, 7) is 6.37. The summed E-state index contributed by atoms with van der Waals surface area (Å²) in [6, 6.07) is 0. The van der Waals surface area contributed by atoms with Gasteiger partial charge in [-0.1, -0.05) is 13.8 Å². The molecule has 0 fully saturated rings. The van der Waals surface area contributed by atoms with Gasteiger partial charge in [-0.25, -0.2) is 4.98 Å². The van der Waals surface area contributed by atoms with Gasteiger partial charge in [0.15, 0.2) is 0 Å². The summed E-state index contributed by atoms with van der Waals surface area (Å²) >= 11 is 1.82. The second-order valence-electron chi connectivity index (χ2n) is 4.22. The lowest BCUT2D eigenvalue weighted by atomic mass is 9.98. The Labute approximate surface area is 101 Å². The quantitative estimate of drug-likeness (QED) is 0.878. The molecule has 0 spiro atoms. The molecule has 0 saturated carbocycles. The fourth-order valence-corrected chi connectivity index (χ4v) is 3.64. The first-order valence-electron chi connectivity index (χ1n) is 6.00. The van der Waals surface area contributed by atoms with E-state index < -0.39 is 0 Å². The van der Waals surface area contributed by atoms with Crippen LogP contribution in [0, 0.1) is 0 Å².